The van der Waals surface area contributed by atoms with E-state index < -0.39 is 6.03 Å². The van der Waals surface area contributed by atoms with Gasteiger partial charge >= 0.3 is 6.03 Å². The number of carbonyl (C=O) groups excluding carboxylic acids is 1. The molecule has 6 nitrogen and oxygen atoms in total. The summed E-state index contributed by atoms with van der Waals surface area (Å²) in [4.78, 5) is 10.7. The molecule has 2 amide bonds. The minimum atomic E-state index is -0.758. The topological polar surface area (TPSA) is 101 Å². The van der Waals surface area contributed by atoms with Crippen molar-refractivity contribution in [1.29, 1.82) is 0 Å². The number of carbonyl (C=O) groups is 1. The Balaban J connectivity index is 2.19. The highest BCUT2D eigenvalue weighted by atomic mass is 79.9. The van der Waals surface area contributed by atoms with Crippen molar-refractivity contribution in [3.8, 4) is 5.75 Å². The molecule has 0 spiro atoms. The van der Waals surface area contributed by atoms with Crippen molar-refractivity contribution in [2.45, 2.75) is 25.7 Å². The standard InChI is InChI=1S/C14H14BrN3O3/c15-9-5-11-12(7-3-1-2-4-10(7)21-11)8(13(9)19)6-17-18-14(16)20/h5-6,19H,1-4H2,(H3,16,18,20). The van der Waals surface area contributed by atoms with E-state index in [9.17, 15) is 9.90 Å². The van der Waals surface area contributed by atoms with Crippen LogP contribution in [0, 0.1) is 0 Å². The first kappa shape index (κ1) is 13.9. The number of phenolic OH excluding ortho intramolecular Hbond substituents is 1. The number of furan rings is 1. The fourth-order valence-electron chi connectivity index (χ4n) is 2.70. The Hall–Kier alpha value is -2.02. The molecule has 0 fully saturated rings. The van der Waals surface area contributed by atoms with Gasteiger partial charge in [0.15, 0.2) is 0 Å². The smallest absolute Gasteiger partial charge is 0.332 e. The third-order valence-electron chi connectivity index (χ3n) is 3.58. The first-order valence-electron chi connectivity index (χ1n) is 6.62. The number of hydrogen-bond acceptors (Lipinski definition) is 4. The van der Waals surface area contributed by atoms with Crippen LogP contribution in [-0.4, -0.2) is 17.4 Å². The lowest BCUT2D eigenvalue weighted by atomic mass is 9.94. The number of fused-ring (bicyclic) bond motifs is 3. The number of urea groups is 1. The van der Waals surface area contributed by atoms with Crippen LogP contribution in [0.1, 0.15) is 29.7 Å². The van der Waals surface area contributed by atoms with E-state index >= 15 is 0 Å². The van der Waals surface area contributed by atoms with Crippen LogP contribution in [0.25, 0.3) is 11.0 Å². The second-order valence-corrected chi connectivity index (χ2v) is 5.79. The minimum absolute atomic E-state index is 0.0618. The number of halogens is 1. The summed E-state index contributed by atoms with van der Waals surface area (Å²) in [6, 6.07) is 0.994. The van der Waals surface area contributed by atoms with Crippen LogP contribution in [0.15, 0.2) is 20.1 Å². The second kappa shape index (κ2) is 5.40. The zero-order valence-electron chi connectivity index (χ0n) is 11.1. The van der Waals surface area contributed by atoms with Crippen LogP contribution >= 0.6 is 15.9 Å². The largest absolute Gasteiger partial charge is 0.506 e. The summed E-state index contributed by atoms with van der Waals surface area (Å²) >= 11 is 3.30. The van der Waals surface area contributed by atoms with Crippen molar-refractivity contribution in [2.75, 3.05) is 0 Å². The average Bonchev–Trinajstić information content (AvgIpc) is 2.80. The summed E-state index contributed by atoms with van der Waals surface area (Å²) in [6.45, 7) is 0. The lowest BCUT2D eigenvalue weighted by Crippen LogP contribution is -2.24. The molecule has 0 unspecified atom stereocenters. The fraction of sp³-hybridized carbons (Fsp3) is 0.286. The molecule has 2 aromatic rings. The van der Waals surface area contributed by atoms with Gasteiger partial charge in [0.25, 0.3) is 0 Å². The van der Waals surface area contributed by atoms with Gasteiger partial charge in [0.1, 0.15) is 17.1 Å². The first-order chi connectivity index (χ1) is 10.1. The van der Waals surface area contributed by atoms with Gasteiger partial charge in [-0.2, -0.15) is 5.10 Å². The van der Waals surface area contributed by atoms with Gasteiger partial charge in [-0.25, -0.2) is 10.2 Å². The SMILES string of the molecule is NC(=O)NN=Cc1c(O)c(Br)cc2oc3c(c12)CCCC3. The van der Waals surface area contributed by atoms with Crippen molar-refractivity contribution in [3.63, 3.8) is 0 Å². The number of amides is 2. The van der Waals surface area contributed by atoms with Crippen LogP contribution in [0.2, 0.25) is 0 Å². The van der Waals surface area contributed by atoms with E-state index in [1.54, 1.807) is 6.07 Å². The van der Waals surface area contributed by atoms with Gasteiger partial charge < -0.3 is 15.3 Å². The summed E-state index contributed by atoms with van der Waals surface area (Å²) in [5.41, 5.74) is 9.43. The second-order valence-electron chi connectivity index (χ2n) is 4.94. The molecule has 110 valence electrons. The lowest BCUT2D eigenvalue weighted by Gasteiger charge is -2.10. The molecule has 3 rings (SSSR count). The van der Waals surface area contributed by atoms with Gasteiger partial charge in [-0.05, 0) is 41.3 Å². The Kier molecular flexibility index (Phi) is 3.59. The number of nitrogens with one attached hydrogen (secondary N) is 1. The molecular formula is C14H14BrN3O3. The molecule has 7 heteroatoms. The molecule has 1 heterocycles. The van der Waals surface area contributed by atoms with Crippen molar-refractivity contribution in [2.24, 2.45) is 10.8 Å². The molecule has 0 radical (unpaired) electrons. The number of hydrogen-bond donors (Lipinski definition) is 3. The number of nitrogens with zero attached hydrogens (tertiary/aromatic N) is 1. The molecular weight excluding hydrogens is 338 g/mol. The molecule has 0 saturated carbocycles. The molecule has 21 heavy (non-hydrogen) atoms. The van der Waals surface area contributed by atoms with Gasteiger partial charge in [0.2, 0.25) is 0 Å². The molecule has 0 atom stereocenters. The Morgan fingerprint density at radius 2 is 2.24 bits per heavy atom. The summed E-state index contributed by atoms with van der Waals surface area (Å²) in [7, 11) is 0. The van der Waals surface area contributed by atoms with Crippen molar-refractivity contribution in [3.05, 3.63) is 27.4 Å². The Bertz CT molecular complexity index is 752. The number of hydrazone groups is 1. The molecule has 1 aliphatic rings. The van der Waals surface area contributed by atoms with E-state index in [1.807, 2.05) is 0 Å². The van der Waals surface area contributed by atoms with E-state index in [0.29, 0.717) is 15.6 Å². The Morgan fingerprint density at radius 3 is 3.00 bits per heavy atom. The van der Waals surface area contributed by atoms with Crippen molar-refractivity contribution < 1.29 is 14.3 Å². The highest BCUT2D eigenvalue weighted by molar-refractivity contribution is 9.10. The molecule has 0 aliphatic heterocycles. The summed E-state index contributed by atoms with van der Waals surface area (Å²) in [5.74, 6) is 1.03. The maximum atomic E-state index is 10.7. The number of aromatic hydroxyl groups is 1. The molecule has 1 aromatic heterocycles. The van der Waals surface area contributed by atoms with Crippen LogP contribution in [0.3, 0.4) is 0 Å². The van der Waals surface area contributed by atoms with Crippen LogP contribution in [0.5, 0.6) is 5.75 Å². The highest BCUT2D eigenvalue weighted by Crippen LogP contribution is 2.40. The molecule has 0 saturated heterocycles. The quantitative estimate of drug-likeness (QED) is 0.572. The van der Waals surface area contributed by atoms with Crippen LogP contribution < -0.4 is 11.2 Å². The summed E-state index contributed by atoms with van der Waals surface area (Å²) in [5, 5.41) is 14.9. The van der Waals surface area contributed by atoms with Gasteiger partial charge in [0.05, 0.1) is 10.7 Å². The monoisotopic (exact) mass is 351 g/mol. The average molecular weight is 352 g/mol. The summed E-state index contributed by atoms with van der Waals surface area (Å²) < 4.78 is 6.39. The van der Waals surface area contributed by atoms with E-state index in [0.717, 1.165) is 42.4 Å². The Labute approximate surface area is 129 Å². The summed E-state index contributed by atoms with van der Waals surface area (Å²) in [6.07, 6.45) is 5.39. The van der Waals surface area contributed by atoms with E-state index in [1.165, 1.54) is 6.21 Å². The van der Waals surface area contributed by atoms with E-state index in [-0.39, 0.29) is 5.75 Å². The number of primary amides is 1. The van der Waals surface area contributed by atoms with E-state index in [4.69, 9.17) is 10.2 Å². The third kappa shape index (κ3) is 2.49. The number of benzene rings is 1. The maximum absolute atomic E-state index is 10.7. The number of aryl methyl sites for hydroxylation is 2. The number of phenols is 1. The minimum Gasteiger partial charge on any atom is -0.506 e. The molecule has 0 bridgehead atoms. The number of rotatable bonds is 2. The molecule has 1 aromatic carbocycles. The lowest BCUT2D eigenvalue weighted by molar-refractivity contribution is 0.249. The zero-order chi connectivity index (χ0) is 15.0. The maximum Gasteiger partial charge on any atom is 0.332 e. The third-order valence-corrected chi connectivity index (χ3v) is 4.18. The normalized spacial score (nSPS) is 14.5. The zero-order valence-corrected chi connectivity index (χ0v) is 12.7. The van der Waals surface area contributed by atoms with Crippen molar-refractivity contribution >= 4 is 39.1 Å². The first-order valence-corrected chi connectivity index (χ1v) is 7.41. The van der Waals surface area contributed by atoms with Gasteiger partial charge in [-0.15, -0.1) is 0 Å². The van der Waals surface area contributed by atoms with Crippen LogP contribution in [0.4, 0.5) is 4.79 Å². The van der Waals surface area contributed by atoms with Crippen LogP contribution in [-0.2, 0) is 12.8 Å². The van der Waals surface area contributed by atoms with Gasteiger partial charge in [-0.1, -0.05) is 0 Å². The fourth-order valence-corrected chi connectivity index (χ4v) is 3.12. The van der Waals surface area contributed by atoms with Crippen molar-refractivity contribution in [1.82, 2.24) is 5.43 Å². The number of nitrogens with two attached hydrogens (primary N) is 1. The Morgan fingerprint density at radius 1 is 1.48 bits per heavy atom. The van der Waals surface area contributed by atoms with E-state index in [2.05, 4.69) is 26.5 Å². The predicted octanol–water partition coefficient (Wildman–Crippen LogP) is 2.78. The van der Waals surface area contributed by atoms with Gasteiger partial charge in [-0.3, -0.25) is 0 Å². The molecule has 1 aliphatic carbocycles. The van der Waals surface area contributed by atoms with Gasteiger partial charge in [0, 0.05) is 22.9 Å². The highest BCUT2D eigenvalue weighted by Gasteiger charge is 2.22. The predicted molar refractivity (Wildman–Crippen MR) is 82.5 cm³/mol. The molecule has 4 N–H and O–H groups in total.